The van der Waals surface area contributed by atoms with E-state index in [1.807, 2.05) is 0 Å². The summed E-state index contributed by atoms with van der Waals surface area (Å²) < 4.78 is 0. The SMILES string of the molecule is O=C(O)N1CC=C(CN2C(=O)c3ccccc3C2=O)C1. The summed E-state index contributed by atoms with van der Waals surface area (Å²) in [5, 5.41) is 8.88. The van der Waals surface area contributed by atoms with Gasteiger partial charge in [0.25, 0.3) is 11.8 Å². The number of nitrogens with zero attached hydrogens (tertiary/aromatic N) is 2. The van der Waals surface area contributed by atoms with Gasteiger partial charge in [-0.25, -0.2) is 4.79 Å². The molecule has 0 fully saturated rings. The zero-order valence-electron chi connectivity index (χ0n) is 10.6. The summed E-state index contributed by atoms with van der Waals surface area (Å²) >= 11 is 0. The molecule has 1 aromatic carbocycles. The summed E-state index contributed by atoms with van der Waals surface area (Å²) in [5.74, 6) is -0.638. The van der Waals surface area contributed by atoms with Crippen molar-refractivity contribution in [1.82, 2.24) is 9.80 Å². The van der Waals surface area contributed by atoms with Crippen molar-refractivity contribution in [3.63, 3.8) is 0 Å². The molecule has 0 aromatic heterocycles. The van der Waals surface area contributed by atoms with E-state index in [4.69, 9.17) is 5.11 Å². The van der Waals surface area contributed by atoms with Crippen molar-refractivity contribution < 1.29 is 19.5 Å². The maximum atomic E-state index is 12.2. The van der Waals surface area contributed by atoms with E-state index in [2.05, 4.69) is 0 Å². The molecule has 20 heavy (non-hydrogen) atoms. The Hall–Kier alpha value is -2.63. The van der Waals surface area contributed by atoms with Gasteiger partial charge in [0.05, 0.1) is 17.7 Å². The number of carbonyl (C=O) groups excluding carboxylic acids is 2. The molecule has 1 N–H and O–H groups in total. The van der Waals surface area contributed by atoms with Crippen LogP contribution in [0.15, 0.2) is 35.9 Å². The van der Waals surface area contributed by atoms with Crippen LogP contribution in [0.3, 0.4) is 0 Å². The highest BCUT2D eigenvalue weighted by atomic mass is 16.4. The van der Waals surface area contributed by atoms with Crippen LogP contribution in [-0.2, 0) is 0 Å². The quantitative estimate of drug-likeness (QED) is 0.648. The van der Waals surface area contributed by atoms with Gasteiger partial charge in [-0.15, -0.1) is 0 Å². The molecule has 2 heterocycles. The van der Waals surface area contributed by atoms with Crippen LogP contribution in [0.2, 0.25) is 0 Å². The molecule has 2 aliphatic rings. The number of rotatable bonds is 2. The summed E-state index contributed by atoms with van der Waals surface area (Å²) in [6, 6.07) is 6.69. The van der Waals surface area contributed by atoms with E-state index < -0.39 is 6.09 Å². The molecule has 0 aliphatic carbocycles. The predicted octanol–water partition coefficient (Wildman–Crippen LogP) is 1.20. The van der Waals surface area contributed by atoms with E-state index in [-0.39, 0.29) is 24.9 Å². The fraction of sp³-hybridized carbons (Fsp3) is 0.214. The smallest absolute Gasteiger partial charge is 0.407 e. The number of amides is 3. The van der Waals surface area contributed by atoms with Gasteiger partial charge in [-0.05, 0) is 17.7 Å². The summed E-state index contributed by atoms with van der Waals surface area (Å²) in [7, 11) is 0. The molecule has 0 unspecified atom stereocenters. The molecular formula is C14H12N2O4. The molecule has 0 radical (unpaired) electrons. The van der Waals surface area contributed by atoms with E-state index in [1.165, 1.54) is 9.80 Å². The largest absolute Gasteiger partial charge is 0.465 e. The van der Waals surface area contributed by atoms with Crippen molar-refractivity contribution >= 4 is 17.9 Å². The highest BCUT2D eigenvalue weighted by molar-refractivity contribution is 6.21. The van der Waals surface area contributed by atoms with Crippen LogP contribution in [0.5, 0.6) is 0 Å². The van der Waals surface area contributed by atoms with Crippen LogP contribution >= 0.6 is 0 Å². The second kappa shape index (κ2) is 4.48. The molecule has 2 aliphatic heterocycles. The first-order chi connectivity index (χ1) is 9.58. The first kappa shape index (κ1) is 12.4. The van der Waals surface area contributed by atoms with Gasteiger partial charge in [0.1, 0.15) is 0 Å². The monoisotopic (exact) mass is 272 g/mol. The molecule has 0 saturated carbocycles. The van der Waals surface area contributed by atoms with Gasteiger partial charge in [-0.2, -0.15) is 0 Å². The standard InChI is InChI=1S/C14H12N2O4/c17-12-10-3-1-2-4-11(10)13(18)16(12)8-9-5-6-15(7-9)14(19)20/h1-5H,6-8H2,(H,19,20). The third kappa shape index (κ3) is 1.85. The Kier molecular flexibility index (Phi) is 2.78. The third-order valence-electron chi connectivity index (χ3n) is 3.50. The number of benzene rings is 1. The lowest BCUT2D eigenvalue weighted by Crippen LogP contribution is -2.34. The molecule has 0 saturated heterocycles. The Bertz CT molecular complexity index is 615. The summed E-state index contributed by atoms with van der Waals surface area (Å²) in [6.07, 6.45) is 0.746. The maximum Gasteiger partial charge on any atom is 0.407 e. The topological polar surface area (TPSA) is 77.9 Å². The van der Waals surface area contributed by atoms with Gasteiger partial charge in [-0.3, -0.25) is 14.5 Å². The molecule has 3 rings (SSSR count). The van der Waals surface area contributed by atoms with Gasteiger partial charge >= 0.3 is 6.09 Å². The van der Waals surface area contributed by atoms with Crippen LogP contribution in [0, 0.1) is 0 Å². The fourth-order valence-electron chi connectivity index (χ4n) is 2.46. The van der Waals surface area contributed by atoms with Gasteiger partial charge < -0.3 is 10.0 Å². The van der Waals surface area contributed by atoms with E-state index in [9.17, 15) is 14.4 Å². The Labute approximate surface area is 114 Å². The number of carboxylic acid groups (broad SMARTS) is 1. The molecule has 102 valence electrons. The highest BCUT2D eigenvalue weighted by Gasteiger charge is 2.36. The minimum absolute atomic E-state index is 0.149. The van der Waals surface area contributed by atoms with Crippen LogP contribution < -0.4 is 0 Å². The number of carbonyl (C=O) groups is 3. The second-order valence-corrected chi connectivity index (χ2v) is 4.77. The van der Waals surface area contributed by atoms with E-state index in [1.54, 1.807) is 30.3 Å². The minimum atomic E-state index is -1.00. The van der Waals surface area contributed by atoms with Crippen molar-refractivity contribution in [2.75, 3.05) is 19.6 Å². The van der Waals surface area contributed by atoms with E-state index in [0.29, 0.717) is 17.7 Å². The van der Waals surface area contributed by atoms with Crippen molar-refractivity contribution in [2.24, 2.45) is 0 Å². The highest BCUT2D eigenvalue weighted by Crippen LogP contribution is 2.24. The molecule has 3 amide bonds. The zero-order valence-corrected chi connectivity index (χ0v) is 10.6. The number of hydrogen-bond donors (Lipinski definition) is 1. The number of imide groups is 1. The summed E-state index contributed by atoms with van der Waals surface area (Å²) in [6.45, 7) is 0.687. The lowest BCUT2D eigenvalue weighted by molar-refractivity contribution is 0.0667. The Morgan fingerprint density at radius 3 is 2.25 bits per heavy atom. The Morgan fingerprint density at radius 1 is 1.15 bits per heavy atom. The Balaban J connectivity index is 1.76. The molecule has 0 spiro atoms. The van der Waals surface area contributed by atoms with Crippen LogP contribution in [0.25, 0.3) is 0 Å². The second-order valence-electron chi connectivity index (χ2n) is 4.77. The van der Waals surface area contributed by atoms with E-state index >= 15 is 0 Å². The number of hydrogen-bond acceptors (Lipinski definition) is 3. The van der Waals surface area contributed by atoms with Crippen LogP contribution in [0.1, 0.15) is 20.7 Å². The van der Waals surface area contributed by atoms with Crippen molar-refractivity contribution in [2.45, 2.75) is 0 Å². The molecular weight excluding hydrogens is 260 g/mol. The zero-order chi connectivity index (χ0) is 14.3. The lowest BCUT2D eigenvalue weighted by atomic mass is 10.1. The third-order valence-corrected chi connectivity index (χ3v) is 3.50. The molecule has 0 bridgehead atoms. The lowest BCUT2D eigenvalue weighted by Gasteiger charge is -2.16. The molecule has 1 aromatic rings. The maximum absolute atomic E-state index is 12.2. The summed E-state index contributed by atoms with van der Waals surface area (Å²) in [5.41, 5.74) is 1.58. The summed E-state index contributed by atoms with van der Waals surface area (Å²) in [4.78, 5) is 37.6. The minimum Gasteiger partial charge on any atom is -0.465 e. The number of fused-ring (bicyclic) bond motifs is 1. The molecule has 0 atom stereocenters. The average Bonchev–Trinajstić information content (AvgIpc) is 3.00. The Morgan fingerprint density at radius 2 is 1.75 bits per heavy atom. The predicted molar refractivity (Wildman–Crippen MR) is 69.5 cm³/mol. The van der Waals surface area contributed by atoms with Gasteiger partial charge in [0.2, 0.25) is 0 Å². The van der Waals surface area contributed by atoms with Gasteiger partial charge in [0, 0.05) is 13.1 Å². The van der Waals surface area contributed by atoms with Crippen LogP contribution in [-0.4, -0.2) is 52.4 Å². The van der Waals surface area contributed by atoms with Crippen molar-refractivity contribution in [3.8, 4) is 0 Å². The van der Waals surface area contributed by atoms with E-state index in [0.717, 1.165) is 5.57 Å². The average molecular weight is 272 g/mol. The van der Waals surface area contributed by atoms with Crippen molar-refractivity contribution in [3.05, 3.63) is 47.0 Å². The van der Waals surface area contributed by atoms with Gasteiger partial charge in [-0.1, -0.05) is 18.2 Å². The first-order valence-electron chi connectivity index (χ1n) is 6.19. The van der Waals surface area contributed by atoms with Crippen LogP contribution in [0.4, 0.5) is 4.79 Å². The van der Waals surface area contributed by atoms with Crippen molar-refractivity contribution in [1.29, 1.82) is 0 Å². The molecule has 6 nitrogen and oxygen atoms in total. The molecule has 6 heteroatoms. The normalized spacial score (nSPS) is 17.5. The first-order valence-corrected chi connectivity index (χ1v) is 6.19. The fourth-order valence-corrected chi connectivity index (χ4v) is 2.46. The van der Waals surface area contributed by atoms with Gasteiger partial charge in [0.15, 0.2) is 0 Å².